The van der Waals surface area contributed by atoms with E-state index in [9.17, 15) is 19.2 Å². The topological polar surface area (TPSA) is 132 Å². The van der Waals surface area contributed by atoms with Crippen molar-refractivity contribution >= 4 is 46.1 Å². The zero-order chi connectivity index (χ0) is 32.2. The van der Waals surface area contributed by atoms with Gasteiger partial charge in [0.25, 0.3) is 0 Å². The lowest BCUT2D eigenvalue weighted by molar-refractivity contribution is -0.133. The molecular formula is C35H40ClN5O4. The number of alkyl halides is 1. The third-order valence-corrected chi connectivity index (χ3v) is 7.68. The molecule has 0 unspecified atom stereocenters. The van der Waals surface area contributed by atoms with Gasteiger partial charge in [-0.15, -0.1) is 11.6 Å². The van der Waals surface area contributed by atoms with Crippen molar-refractivity contribution in [3.05, 3.63) is 108 Å². The van der Waals surface area contributed by atoms with Crippen LogP contribution in [0.2, 0.25) is 0 Å². The highest BCUT2D eigenvalue weighted by atomic mass is 35.5. The molecule has 0 bridgehead atoms. The molecule has 0 saturated heterocycles. The first-order valence-corrected chi connectivity index (χ1v) is 15.6. The van der Waals surface area contributed by atoms with Crippen molar-refractivity contribution in [3.8, 4) is 0 Å². The Balaban J connectivity index is 1.58. The van der Waals surface area contributed by atoms with Gasteiger partial charge in [0.05, 0.1) is 0 Å². The highest BCUT2D eigenvalue weighted by molar-refractivity contribution is 6.27. The molecule has 1 heterocycles. The molecule has 9 nitrogen and oxygen atoms in total. The number of aromatic amines is 1. The second-order valence-corrected chi connectivity index (χ2v) is 11.7. The van der Waals surface area contributed by atoms with Gasteiger partial charge >= 0.3 is 0 Å². The Morgan fingerprint density at radius 1 is 0.689 bits per heavy atom. The molecule has 10 heteroatoms. The van der Waals surface area contributed by atoms with Crippen LogP contribution in [0, 0.1) is 5.92 Å². The lowest BCUT2D eigenvalue weighted by Gasteiger charge is -2.26. The normalized spacial score (nSPS) is 13.1. The number of H-pyrrole nitrogens is 1. The van der Waals surface area contributed by atoms with Gasteiger partial charge in [0.15, 0.2) is 0 Å². The number of carbonyl (C=O) groups excluding carboxylic acids is 4. The number of hydrogen-bond acceptors (Lipinski definition) is 4. The third kappa shape index (κ3) is 9.94. The number of nitrogens with one attached hydrogen (secondary N) is 5. The molecule has 45 heavy (non-hydrogen) atoms. The Morgan fingerprint density at radius 3 is 1.91 bits per heavy atom. The predicted octanol–water partition coefficient (Wildman–Crippen LogP) is 4.01. The smallest absolute Gasteiger partial charge is 0.243 e. The van der Waals surface area contributed by atoms with Gasteiger partial charge in [0.1, 0.15) is 24.0 Å². The van der Waals surface area contributed by atoms with Crippen LogP contribution in [0.5, 0.6) is 0 Å². The lowest BCUT2D eigenvalue weighted by atomic mass is 10.00. The van der Waals surface area contributed by atoms with Crippen molar-refractivity contribution in [1.29, 1.82) is 0 Å². The quantitative estimate of drug-likeness (QED) is 0.127. The molecule has 0 aliphatic heterocycles. The maximum atomic E-state index is 14.0. The van der Waals surface area contributed by atoms with Gasteiger partial charge < -0.3 is 26.3 Å². The molecule has 4 rings (SSSR count). The number of fused-ring (bicyclic) bond motifs is 1. The second kappa shape index (κ2) is 16.4. The summed E-state index contributed by atoms with van der Waals surface area (Å²) in [5.41, 5.74) is 3.54. The molecule has 3 aromatic carbocycles. The Hall–Kier alpha value is -4.63. The second-order valence-electron chi connectivity index (χ2n) is 11.5. The van der Waals surface area contributed by atoms with Crippen molar-refractivity contribution in [2.45, 2.75) is 57.8 Å². The predicted molar refractivity (Wildman–Crippen MR) is 176 cm³/mol. The molecule has 0 saturated carbocycles. The van der Waals surface area contributed by atoms with Crippen molar-refractivity contribution in [1.82, 2.24) is 26.3 Å². The van der Waals surface area contributed by atoms with Gasteiger partial charge in [0.2, 0.25) is 23.6 Å². The molecule has 236 valence electrons. The van der Waals surface area contributed by atoms with Crippen molar-refractivity contribution in [2.75, 3.05) is 5.88 Å². The first-order chi connectivity index (χ1) is 21.7. The van der Waals surface area contributed by atoms with Gasteiger partial charge in [-0.2, -0.15) is 0 Å². The number of carbonyl (C=O) groups is 4. The molecule has 4 aromatic rings. The fourth-order valence-electron chi connectivity index (χ4n) is 5.18. The summed E-state index contributed by atoms with van der Waals surface area (Å²) in [4.78, 5) is 56.4. The van der Waals surface area contributed by atoms with Crippen molar-refractivity contribution in [3.63, 3.8) is 0 Å². The van der Waals surface area contributed by atoms with E-state index in [1.807, 2.05) is 105 Å². The van der Waals surface area contributed by atoms with Crippen molar-refractivity contribution < 1.29 is 19.2 Å². The summed E-state index contributed by atoms with van der Waals surface area (Å²) in [5.74, 6) is -2.04. The van der Waals surface area contributed by atoms with Crippen LogP contribution in [0.15, 0.2) is 91.1 Å². The highest BCUT2D eigenvalue weighted by Crippen LogP contribution is 2.19. The van der Waals surface area contributed by atoms with Gasteiger partial charge in [-0.1, -0.05) is 92.7 Å². The Labute approximate surface area is 268 Å². The van der Waals surface area contributed by atoms with Gasteiger partial charge in [-0.3, -0.25) is 19.2 Å². The molecule has 0 radical (unpaired) electrons. The van der Waals surface area contributed by atoms with Crippen LogP contribution in [0.25, 0.3) is 10.9 Å². The molecule has 0 aliphatic carbocycles. The average Bonchev–Trinajstić information content (AvgIpc) is 3.45. The van der Waals surface area contributed by atoms with Gasteiger partial charge in [0, 0.05) is 36.5 Å². The van der Waals surface area contributed by atoms with Crippen LogP contribution in [0.1, 0.15) is 37.0 Å². The molecule has 0 spiro atoms. The van der Waals surface area contributed by atoms with Crippen LogP contribution in [0.4, 0.5) is 0 Å². The van der Waals surface area contributed by atoms with E-state index in [1.165, 1.54) is 0 Å². The maximum absolute atomic E-state index is 14.0. The minimum absolute atomic E-state index is 0.0895. The third-order valence-electron chi connectivity index (χ3n) is 7.44. The number of hydrogen-bond donors (Lipinski definition) is 5. The highest BCUT2D eigenvalue weighted by Gasteiger charge is 2.30. The SMILES string of the molecule is CC(C)C[C@H](NC(=O)CCl)C(=O)N[C@@H](Cc1ccccc1)C(=O)N[C@@H](Cc1c[nH]c2ccccc12)C(=O)NCc1ccccc1. The molecule has 5 N–H and O–H groups in total. The van der Waals surface area contributed by atoms with Crippen LogP contribution in [-0.4, -0.2) is 52.6 Å². The monoisotopic (exact) mass is 629 g/mol. The average molecular weight is 630 g/mol. The lowest BCUT2D eigenvalue weighted by Crippen LogP contribution is -2.58. The Morgan fingerprint density at radius 2 is 1.27 bits per heavy atom. The summed E-state index contributed by atoms with van der Waals surface area (Å²) < 4.78 is 0. The van der Waals surface area contributed by atoms with Gasteiger partial charge in [-0.05, 0) is 35.1 Å². The minimum atomic E-state index is -1.02. The molecule has 1 aromatic heterocycles. The maximum Gasteiger partial charge on any atom is 0.243 e. The zero-order valence-corrected chi connectivity index (χ0v) is 26.3. The van der Waals surface area contributed by atoms with E-state index in [0.29, 0.717) is 13.0 Å². The molecule has 0 aliphatic rings. The number of halogens is 1. The molecule has 0 fully saturated rings. The van der Waals surface area contributed by atoms with E-state index in [0.717, 1.165) is 27.6 Å². The number of benzene rings is 3. The van der Waals surface area contributed by atoms with Crippen molar-refractivity contribution in [2.24, 2.45) is 5.92 Å². The number of rotatable bonds is 15. The summed E-state index contributed by atoms with van der Waals surface area (Å²) in [7, 11) is 0. The summed E-state index contributed by atoms with van der Waals surface area (Å²) in [6, 6.07) is 23.7. The Kier molecular flexibility index (Phi) is 12.2. The molecule has 4 amide bonds. The van der Waals surface area contributed by atoms with E-state index in [2.05, 4.69) is 26.3 Å². The molecular weight excluding hydrogens is 590 g/mol. The van der Waals surface area contributed by atoms with E-state index >= 15 is 0 Å². The first-order valence-electron chi connectivity index (χ1n) is 15.1. The van der Waals surface area contributed by atoms with Crippen LogP contribution < -0.4 is 21.3 Å². The minimum Gasteiger partial charge on any atom is -0.361 e. The summed E-state index contributed by atoms with van der Waals surface area (Å²) in [6.45, 7) is 4.16. The number of aromatic nitrogens is 1. The first kappa shape index (κ1) is 33.3. The molecule has 3 atom stereocenters. The summed E-state index contributed by atoms with van der Waals surface area (Å²) in [5, 5.41) is 12.3. The Bertz CT molecular complexity index is 1570. The number of para-hydroxylation sites is 1. The fourth-order valence-corrected chi connectivity index (χ4v) is 5.25. The van der Waals surface area contributed by atoms with Crippen LogP contribution in [0.3, 0.4) is 0 Å². The number of amides is 4. The fraction of sp³-hybridized carbons (Fsp3) is 0.314. The van der Waals surface area contributed by atoms with E-state index < -0.39 is 35.8 Å². The van der Waals surface area contributed by atoms with E-state index in [-0.39, 0.29) is 30.5 Å². The summed E-state index contributed by atoms with van der Waals surface area (Å²) >= 11 is 5.70. The van der Waals surface area contributed by atoms with Crippen LogP contribution in [-0.2, 0) is 38.6 Å². The summed E-state index contributed by atoms with van der Waals surface area (Å²) in [6.07, 6.45) is 2.61. The standard InChI is InChI=1S/C35H40ClN5O4/c1-23(2)17-29(39-32(42)20-36)34(44)40-30(18-24-11-5-3-6-12-24)35(45)41-31(33(43)38-21-25-13-7-4-8-14-25)19-26-22-37-28-16-10-9-15-27(26)28/h3-16,22-23,29-31,37H,17-21H2,1-2H3,(H,38,43)(H,39,42)(H,40,44)(H,41,45)/t29-,30-,31-/m0/s1. The zero-order valence-electron chi connectivity index (χ0n) is 25.5. The van der Waals surface area contributed by atoms with E-state index in [4.69, 9.17) is 11.6 Å². The van der Waals surface area contributed by atoms with Crippen LogP contribution >= 0.6 is 11.6 Å². The van der Waals surface area contributed by atoms with Gasteiger partial charge in [-0.25, -0.2) is 0 Å². The largest absolute Gasteiger partial charge is 0.361 e. The van der Waals surface area contributed by atoms with E-state index in [1.54, 1.807) is 0 Å².